The number of aliphatic carboxylic acids is 1. The Balaban J connectivity index is 1.91. The Morgan fingerprint density at radius 3 is 2.57 bits per heavy atom. The summed E-state index contributed by atoms with van der Waals surface area (Å²) in [5.41, 5.74) is 0.994. The van der Waals surface area contributed by atoms with Crippen LogP contribution in [0.15, 0.2) is 24.3 Å². The minimum Gasteiger partial charge on any atom is -0.481 e. The molecule has 1 heterocycles. The minimum absolute atomic E-state index is 0.0787. The van der Waals surface area contributed by atoms with Crippen molar-refractivity contribution < 1.29 is 14.7 Å². The molecule has 0 unspecified atom stereocenters. The summed E-state index contributed by atoms with van der Waals surface area (Å²) in [7, 11) is 0. The second-order valence-corrected chi connectivity index (χ2v) is 4.97. The Labute approximate surface area is 123 Å². The van der Waals surface area contributed by atoms with Crippen LogP contribution in [0.4, 0.5) is 0 Å². The molecule has 1 saturated heterocycles. The number of nitrogens with zero attached hydrogens (tertiary/aromatic N) is 3. The van der Waals surface area contributed by atoms with E-state index in [1.807, 2.05) is 11.0 Å². The third kappa shape index (κ3) is 4.04. The van der Waals surface area contributed by atoms with Gasteiger partial charge in [-0.25, -0.2) is 0 Å². The quantitative estimate of drug-likeness (QED) is 0.885. The third-order valence-corrected chi connectivity index (χ3v) is 3.54. The number of rotatable bonds is 4. The van der Waals surface area contributed by atoms with Crippen molar-refractivity contribution in [3.05, 3.63) is 35.4 Å². The Morgan fingerprint density at radius 1 is 1.24 bits per heavy atom. The largest absolute Gasteiger partial charge is 0.481 e. The van der Waals surface area contributed by atoms with Crippen LogP contribution in [-0.4, -0.2) is 59.5 Å². The molecule has 1 fully saturated rings. The molecular weight excluding hydrogens is 270 g/mol. The number of amides is 1. The van der Waals surface area contributed by atoms with E-state index in [0.29, 0.717) is 43.9 Å². The van der Waals surface area contributed by atoms with Crippen molar-refractivity contribution in [2.45, 2.75) is 6.42 Å². The van der Waals surface area contributed by atoms with Crippen molar-refractivity contribution in [2.24, 2.45) is 0 Å². The van der Waals surface area contributed by atoms with Crippen LogP contribution < -0.4 is 0 Å². The Hall–Kier alpha value is -2.39. The second kappa shape index (κ2) is 6.86. The van der Waals surface area contributed by atoms with Crippen LogP contribution in [0.1, 0.15) is 22.3 Å². The predicted molar refractivity (Wildman–Crippen MR) is 75.8 cm³/mol. The highest BCUT2D eigenvalue weighted by Gasteiger charge is 2.22. The predicted octanol–water partition coefficient (Wildman–Crippen LogP) is 0.791. The van der Waals surface area contributed by atoms with Gasteiger partial charge in [0, 0.05) is 38.3 Å². The molecule has 21 heavy (non-hydrogen) atoms. The second-order valence-electron chi connectivity index (χ2n) is 4.97. The van der Waals surface area contributed by atoms with Gasteiger partial charge in [-0.1, -0.05) is 6.07 Å². The number of piperazine rings is 1. The van der Waals surface area contributed by atoms with E-state index in [0.717, 1.165) is 0 Å². The third-order valence-electron chi connectivity index (χ3n) is 3.54. The van der Waals surface area contributed by atoms with Gasteiger partial charge in [-0.3, -0.25) is 14.5 Å². The molecule has 6 heteroatoms. The van der Waals surface area contributed by atoms with Crippen LogP contribution in [0.5, 0.6) is 0 Å². The Bertz CT molecular complexity index is 572. The molecule has 6 nitrogen and oxygen atoms in total. The first-order chi connectivity index (χ1) is 10.1. The van der Waals surface area contributed by atoms with Crippen LogP contribution >= 0.6 is 0 Å². The summed E-state index contributed by atoms with van der Waals surface area (Å²) in [4.78, 5) is 26.7. The molecule has 1 aliphatic rings. The summed E-state index contributed by atoms with van der Waals surface area (Å²) >= 11 is 0. The number of carboxylic acids is 1. The molecule has 0 aromatic heterocycles. The van der Waals surface area contributed by atoms with Crippen molar-refractivity contribution in [3.8, 4) is 6.07 Å². The van der Waals surface area contributed by atoms with Gasteiger partial charge in [-0.15, -0.1) is 0 Å². The van der Waals surface area contributed by atoms with Gasteiger partial charge in [0.25, 0.3) is 5.91 Å². The first-order valence-electron chi connectivity index (χ1n) is 6.84. The van der Waals surface area contributed by atoms with Crippen molar-refractivity contribution in [1.82, 2.24) is 9.80 Å². The van der Waals surface area contributed by atoms with E-state index in [4.69, 9.17) is 10.4 Å². The lowest BCUT2D eigenvalue weighted by atomic mass is 10.1. The zero-order valence-electron chi connectivity index (χ0n) is 11.7. The number of nitriles is 1. The Kier molecular flexibility index (Phi) is 4.90. The smallest absolute Gasteiger partial charge is 0.304 e. The molecule has 1 aromatic carbocycles. The fourth-order valence-corrected chi connectivity index (χ4v) is 2.33. The fourth-order valence-electron chi connectivity index (χ4n) is 2.33. The molecule has 2 rings (SSSR count). The van der Waals surface area contributed by atoms with Crippen molar-refractivity contribution in [1.29, 1.82) is 5.26 Å². The number of hydrogen-bond acceptors (Lipinski definition) is 4. The van der Waals surface area contributed by atoms with E-state index in [1.165, 1.54) is 0 Å². The molecule has 0 spiro atoms. The molecule has 1 aromatic rings. The highest BCUT2D eigenvalue weighted by atomic mass is 16.4. The van der Waals surface area contributed by atoms with E-state index >= 15 is 0 Å². The standard InChI is InChI=1S/C15H17N3O3/c16-11-12-2-1-3-13(10-12)15(21)18-8-6-17(7-9-18)5-4-14(19)20/h1-3,10H,4-9H2,(H,19,20). The van der Waals surface area contributed by atoms with Gasteiger partial charge in [0.2, 0.25) is 0 Å². The van der Waals surface area contributed by atoms with Gasteiger partial charge in [-0.05, 0) is 18.2 Å². The van der Waals surface area contributed by atoms with E-state index in [9.17, 15) is 9.59 Å². The number of carbonyl (C=O) groups excluding carboxylic acids is 1. The van der Waals surface area contributed by atoms with Gasteiger partial charge in [0.05, 0.1) is 18.1 Å². The van der Waals surface area contributed by atoms with E-state index < -0.39 is 5.97 Å². The lowest BCUT2D eigenvalue weighted by Crippen LogP contribution is -2.49. The lowest BCUT2D eigenvalue weighted by molar-refractivity contribution is -0.137. The van der Waals surface area contributed by atoms with Gasteiger partial charge in [0.1, 0.15) is 0 Å². The first-order valence-corrected chi connectivity index (χ1v) is 6.84. The lowest BCUT2D eigenvalue weighted by Gasteiger charge is -2.34. The highest BCUT2D eigenvalue weighted by molar-refractivity contribution is 5.94. The van der Waals surface area contributed by atoms with Gasteiger partial charge < -0.3 is 10.0 Å². The summed E-state index contributed by atoms with van der Waals surface area (Å²) in [6.45, 7) is 3.03. The molecule has 110 valence electrons. The van der Waals surface area contributed by atoms with Crippen LogP contribution in [0.25, 0.3) is 0 Å². The number of benzene rings is 1. The zero-order valence-corrected chi connectivity index (χ0v) is 11.7. The SMILES string of the molecule is N#Cc1cccc(C(=O)N2CCN(CCC(=O)O)CC2)c1. The average molecular weight is 287 g/mol. The molecule has 0 saturated carbocycles. The molecule has 1 aliphatic heterocycles. The molecular formula is C15H17N3O3. The number of carbonyl (C=O) groups is 2. The highest BCUT2D eigenvalue weighted by Crippen LogP contribution is 2.11. The summed E-state index contributed by atoms with van der Waals surface area (Å²) < 4.78 is 0. The summed E-state index contributed by atoms with van der Waals surface area (Å²) in [5, 5.41) is 17.5. The molecule has 1 amide bonds. The van der Waals surface area contributed by atoms with Crippen molar-refractivity contribution >= 4 is 11.9 Å². The van der Waals surface area contributed by atoms with Gasteiger partial charge in [0.15, 0.2) is 0 Å². The van der Waals surface area contributed by atoms with Gasteiger partial charge in [-0.2, -0.15) is 5.26 Å². The maximum absolute atomic E-state index is 12.3. The Morgan fingerprint density at radius 2 is 1.95 bits per heavy atom. The van der Waals surface area contributed by atoms with Crippen LogP contribution in [-0.2, 0) is 4.79 Å². The van der Waals surface area contributed by atoms with Crippen molar-refractivity contribution in [2.75, 3.05) is 32.7 Å². The maximum Gasteiger partial charge on any atom is 0.304 e. The van der Waals surface area contributed by atoms with E-state index in [-0.39, 0.29) is 12.3 Å². The molecule has 1 N–H and O–H groups in total. The molecule has 0 bridgehead atoms. The molecule has 0 radical (unpaired) electrons. The van der Waals surface area contributed by atoms with Gasteiger partial charge >= 0.3 is 5.97 Å². The normalized spacial score (nSPS) is 15.5. The summed E-state index contributed by atoms with van der Waals surface area (Å²) in [6, 6.07) is 8.70. The summed E-state index contributed by atoms with van der Waals surface area (Å²) in [6.07, 6.45) is 0.123. The monoisotopic (exact) mass is 287 g/mol. The van der Waals surface area contributed by atoms with Crippen LogP contribution in [0.2, 0.25) is 0 Å². The summed E-state index contributed by atoms with van der Waals surface area (Å²) in [5.74, 6) is -0.883. The van der Waals surface area contributed by atoms with Crippen LogP contribution in [0.3, 0.4) is 0 Å². The maximum atomic E-state index is 12.3. The van der Waals surface area contributed by atoms with Crippen molar-refractivity contribution in [3.63, 3.8) is 0 Å². The molecule has 0 atom stereocenters. The fraction of sp³-hybridized carbons (Fsp3) is 0.400. The first kappa shape index (κ1) is 15.0. The van der Waals surface area contributed by atoms with Crippen LogP contribution in [0, 0.1) is 11.3 Å². The number of carboxylic acid groups (broad SMARTS) is 1. The average Bonchev–Trinajstić information content (AvgIpc) is 2.52. The molecule has 0 aliphatic carbocycles. The number of hydrogen-bond donors (Lipinski definition) is 1. The topological polar surface area (TPSA) is 84.6 Å². The minimum atomic E-state index is -0.804. The zero-order chi connectivity index (χ0) is 15.2. The van der Waals surface area contributed by atoms with E-state index in [1.54, 1.807) is 29.2 Å². The van der Waals surface area contributed by atoms with E-state index in [2.05, 4.69) is 0 Å².